The molecule has 1 fully saturated rings. The highest BCUT2D eigenvalue weighted by Crippen LogP contribution is 2.50. The summed E-state index contributed by atoms with van der Waals surface area (Å²) in [6.45, 7) is 4.48. The van der Waals surface area contributed by atoms with Crippen LogP contribution in [0.2, 0.25) is 0 Å². The topological polar surface area (TPSA) is 65.4 Å². The zero-order chi connectivity index (χ0) is 18.2. The third kappa shape index (κ3) is 2.97. The maximum Gasteiger partial charge on any atom is 0.230 e. The first kappa shape index (κ1) is 17.3. The van der Waals surface area contributed by atoms with Gasteiger partial charge in [0.15, 0.2) is 11.5 Å². The van der Waals surface area contributed by atoms with Gasteiger partial charge in [0, 0.05) is 24.8 Å². The normalized spacial score (nSPS) is 14.9. The molecule has 3 rings (SSSR count). The molecule has 1 N–H and O–H groups in total. The highest BCUT2D eigenvalue weighted by molar-refractivity contribution is 5.91. The van der Waals surface area contributed by atoms with Gasteiger partial charge in [-0.1, -0.05) is 6.07 Å². The van der Waals surface area contributed by atoms with Crippen molar-refractivity contribution in [1.29, 1.82) is 0 Å². The summed E-state index contributed by atoms with van der Waals surface area (Å²) in [6, 6.07) is 5.72. The average Bonchev–Trinajstić information content (AvgIpc) is 3.38. The second-order valence-electron chi connectivity index (χ2n) is 6.61. The zero-order valence-corrected chi connectivity index (χ0v) is 15.5. The van der Waals surface area contributed by atoms with Crippen molar-refractivity contribution >= 4 is 5.91 Å². The largest absolute Gasteiger partial charge is 0.493 e. The lowest BCUT2D eigenvalue weighted by molar-refractivity contribution is -0.123. The van der Waals surface area contributed by atoms with E-state index >= 15 is 0 Å². The Balaban J connectivity index is 1.78. The lowest BCUT2D eigenvalue weighted by Crippen LogP contribution is -2.34. The third-order valence-electron chi connectivity index (χ3n) is 5.21. The van der Waals surface area contributed by atoms with Crippen LogP contribution < -0.4 is 14.8 Å². The van der Waals surface area contributed by atoms with E-state index in [4.69, 9.17) is 9.47 Å². The van der Waals surface area contributed by atoms with E-state index in [1.54, 1.807) is 14.2 Å². The number of amides is 1. The van der Waals surface area contributed by atoms with Gasteiger partial charge in [0.25, 0.3) is 0 Å². The van der Waals surface area contributed by atoms with Crippen molar-refractivity contribution in [3.05, 3.63) is 40.7 Å². The standard InChI is InChI=1S/C19H25N3O3/c1-12-15(13(2)22(3)21-12)11-20-18(23)19(8-9-19)14-6-7-16(24-4)17(10-14)25-5/h6-7,10H,8-9,11H2,1-5H3,(H,20,23). The number of aryl methyl sites for hydroxylation is 2. The minimum atomic E-state index is -0.455. The van der Waals surface area contributed by atoms with Gasteiger partial charge in [-0.2, -0.15) is 5.10 Å². The van der Waals surface area contributed by atoms with Gasteiger partial charge in [-0.15, -0.1) is 0 Å². The molecule has 1 aromatic carbocycles. The van der Waals surface area contributed by atoms with Crippen molar-refractivity contribution < 1.29 is 14.3 Å². The van der Waals surface area contributed by atoms with Crippen LogP contribution in [0, 0.1) is 13.8 Å². The molecule has 1 aliphatic rings. The van der Waals surface area contributed by atoms with Crippen LogP contribution in [0.4, 0.5) is 0 Å². The van der Waals surface area contributed by atoms with E-state index in [-0.39, 0.29) is 5.91 Å². The quantitative estimate of drug-likeness (QED) is 0.875. The minimum absolute atomic E-state index is 0.0578. The van der Waals surface area contributed by atoms with Crippen molar-refractivity contribution in [1.82, 2.24) is 15.1 Å². The summed E-state index contributed by atoms with van der Waals surface area (Å²) in [5.41, 5.74) is 3.63. The molecule has 25 heavy (non-hydrogen) atoms. The number of aromatic nitrogens is 2. The maximum atomic E-state index is 12.9. The lowest BCUT2D eigenvalue weighted by Gasteiger charge is -2.18. The summed E-state index contributed by atoms with van der Waals surface area (Å²) in [6.07, 6.45) is 1.69. The first-order valence-electron chi connectivity index (χ1n) is 8.43. The Morgan fingerprint density at radius 2 is 1.92 bits per heavy atom. The molecule has 0 spiro atoms. The minimum Gasteiger partial charge on any atom is -0.493 e. The van der Waals surface area contributed by atoms with Crippen LogP contribution in [0.3, 0.4) is 0 Å². The average molecular weight is 343 g/mol. The highest BCUT2D eigenvalue weighted by Gasteiger charge is 2.51. The highest BCUT2D eigenvalue weighted by atomic mass is 16.5. The van der Waals surface area contributed by atoms with Crippen molar-refractivity contribution in [2.75, 3.05) is 14.2 Å². The van der Waals surface area contributed by atoms with Crippen LogP contribution in [0.1, 0.15) is 35.4 Å². The molecule has 1 aliphatic carbocycles. The first-order chi connectivity index (χ1) is 11.9. The fraction of sp³-hybridized carbons (Fsp3) is 0.474. The van der Waals surface area contributed by atoms with Crippen LogP contribution in [-0.2, 0) is 23.8 Å². The maximum absolute atomic E-state index is 12.9. The molecule has 0 radical (unpaired) electrons. The molecule has 0 bridgehead atoms. The fourth-order valence-electron chi connectivity index (χ4n) is 3.32. The number of hydrogen-bond acceptors (Lipinski definition) is 4. The van der Waals surface area contributed by atoms with Gasteiger partial charge in [-0.3, -0.25) is 9.48 Å². The zero-order valence-electron chi connectivity index (χ0n) is 15.5. The summed E-state index contributed by atoms with van der Waals surface area (Å²) in [7, 11) is 5.13. The fourth-order valence-corrected chi connectivity index (χ4v) is 3.32. The van der Waals surface area contributed by atoms with E-state index in [1.165, 1.54) is 0 Å². The molecule has 1 saturated carbocycles. The molecule has 1 aromatic heterocycles. The van der Waals surface area contributed by atoms with Gasteiger partial charge >= 0.3 is 0 Å². The van der Waals surface area contributed by atoms with Gasteiger partial charge in [-0.05, 0) is 44.4 Å². The van der Waals surface area contributed by atoms with Crippen molar-refractivity contribution in [3.63, 3.8) is 0 Å². The second kappa shape index (κ2) is 6.43. The van der Waals surface area contributed by atoms with Crippen LogP contribution in [0.5, 0.6) is 11.5 Å². The lowest BCUT2D eigenvalue weighted by atomic mass is 9.94. The van der Waals surface area contributed by atoms with Crippen molar-refractivity contribution in [2.24, 2.45) is 7.05 Å². The van der Waals surface area contributed by atoms with E-state index in [2.05, 4.69) is 10.4 Å². The summed E-state index contributed by atoms with van der Waals surface area (Å²) >= 11 is 0. The van der Waals surface area contributed by atoms with Crippen molar-refractivity contribution in [2.45, 2.75) is 38.6 Å². The number of rotatable bonds is 6. The van der Waals surface area contributed by atoms with Crippen LogP contribution in [-0.4, -0.2) is 29.9 Å². The van der Waals surface area contributed by atoms with Crippen LogP contribution >= 0.6 is 0 Å². The molecular formula is C19H25N3O3. The predicted octanol–water partition coefficient (Wildman–Crippen LogP) is 2.40. The van der Waals surface area contributed by atoms with E-state index in [0.717, 1.165) is 35.4 Å². The molecule has 134 valence electrons. The smallest absolute Gasteiger partial charge is 0.230 e. The molecule has 6 heteroatoms. The molecule has 0 unspecified atom stereocenters. The SMILES string of the molecule is COc1ccc(C2(C(=O)NCc3c(C)nn(C)c3C)CC2)cc1OC. The van der Waals surface area contributed by atoms with E-state index < -0.39 is 5.41 Å². The Bertz CT molecular complexity index is 806. The summed E-state index contributed by atoms with van der Waals surface area (Å²) in [5, 5.41) is 7.50. The summed E-state index contributed by atoms with van der Waals surface area (Å²) in [5.74, 6) is 1.38. The van der Waals surface area contributed by atoms with Gasteiger partial charge < -0.3 is 14.8 Å². The Morgan fingerprint density at radius 1 is 1.24 bits per heavy atom. The van der Waals surface area contributed by atoms with E-state index in [1.807, 2.05) is 43.8 Å². The number of ether oxygens (including phenoxy) is 2. The third-order valence-corrected chi connectivity index (χ3v) is 5.21. The molecule has 0 saturated heterocycles. The summed E-state index contributed by atoms with van der Waals surface area (Å²) < 4.78 is 12.5. The number of methoxy groups -OCH3 is 2. The van der Waals surface area contributed by atoms with Crippen LogP contribution in [0.25, 0.3) is 0 Å². The molecule has 2 aromatic rings. The van der Waals surface area contributed by atoms with Gasteiger partial charge in [-0.25, -0.2) is 0 Å². The van der Waals surface area contributed by atoms with E-state index in [9.17, 15) is 4.79 Å². The number of nitrogens with zero attached hydrogens (tertiary/aromatic N) is 2. The van der Waals surface area contributed by atoms with E-state index in [0.29, 0.717) is 18.0 Å². The van der Waals surface area contributed by atoms with Crippen molar-refractivity contribution in [3.8, 4) is 11.5 Å². The van der Waals surface area contributed by atoms with Gasteiger partial charge in [0.2, 0.25) is 5.91 Å². The molecule has 1 amide bonds. The molecular weight excluding hydrogens is 318 g/mol. The molecule has 6 nitrogen and oxygen atoms in total. The molecule has 1 heterocycles. The number of nitrogens with one attached hydrogen (secondary N) is 1. The summed E-state index contributed by atoms with van der Waals surface area (Å²) in [4.78, 5) is 12.9. The van der Waals surface area contributed by atoms with Gasteiger partial charge in [0.1, 0.15) is 0 Å². The number of hydrogen-bond donors (Lipinski definition) is 1. The molecule has 0 aliphatic heterocycles. The number of carbonyl (C=O) groups is 1. The Labute approximate surface area is 148 Å². The Kier molecular flexibility index (Phi) is 4.45. The monoisotopic (exact) mass is 343 g/mol. The van der Waals surface area contributed by atoms with Crippen LogP contribution in [0.15, 0.2) is 18.2 Å². The van der Waals surface area contributed by atoms with Gasteiger partial charge in [0.05, 0.1) is 25.3 Å². The number of benzene rings is 1. The second-order valence-corrected chi connectivity index (χ2v) is 6.61. The first-order valence-corrected chi connectivity index (χ1v) is 8.43. The number of carbonyl (C=O) groups excluding carboxylic acids is 1. The Morgan fingerprint density at radius 3 is 2.44 bits per heavy atom. The Hall–Kier alpha value is -2.50. The predicted molar refractivity (Wildman–Crippen MR) is 95.0 cm³/mol. The molecule has 0 atom stereocenters.